The zero-order valence-corrected chi connectivity index (χ0v) is 7.58. The van der Waals surface area contributed by atoms with Gasteiger partial charge in [0.2, 0.25) is 0 Å². The van der Waals surface area contributed by atoms with Gasteiger partial charge in [-0.3, -0.25) is 4.99 Å². The van der Waals surface area contributed by atoms with E-state index in [1.165, 1.54) is 0 Å². The topological polar surface area (TPSA) is 36.9 Å². The molecule has 12 heavy (non-hydrogen) atoms. The van der Waals surface area contributed by atoms with E-state index in [-0.39, 0.29) is 0 Å². The van der Waals surface area contributed by atoms with Crippen molar-refractivity contribution in [2.45, 2.75) is 6.04 Å². The first kappa shape index (κ1) is 8.16. The highest BCUT2D eigenvalue weighted by Crippen LogP contribution is 2.35. The van der Waals surface area contributed by atoms with Gasteiger partial charge in [-0.15, -0.1) is 0 Å². The lowest BCUT2D eigenvalue weighted by Crippen LogP contribution is -2.63. The van der Waals surface area contributed by atoms with Crippen molar-refractivity contribution in [1.82, 2.24) is 10.4 Å². The number of hydrogen-bond acceptors (Lipinski definition) is 4. The summed E-state index contributed by atoms with van der Waals surface area (Å²) in [5.41, 5.74) is 3.31. The quantitative estimate of drug-likeness (QED) is 0.567. The summed E-state index contributed by atoms with van der Waals surface area (Å²) < 4.78 is 0. The molecule has 0 amide bonds. The van der Waals surface area contributed by atoms with Gasteiger partial charge in [0.15, 0.2) is 0 Å². The fourth-order valence-electron chi connectivity index (χ4n) is 2.20. The fourth-order valence-corrected chi connectivity index (χ4v) is 2.20. The van der Waals surface area contributed by atoms with Crippen molar-refractivity contribution in [2.24, 2.45) is 10.4 Å². The summed E-state index contributed by atoms with van der Waals surface area (Å²) in [6, 6.07) is 0.304. The van der Waals surface area contributed by atoms with E-state index in [1.54, 1.807) is 7.11 Å². The highest BCUT2D eigenvalue weighted by molar-refractivity contribution is 5.69. The van der Waals surface area contributed by atoms with E-state index in [1.807, 2.05) is 6.21 Å². The van der Waals surface area contributed by atoms with E-state index in [4.69, 9.17) is 4.84 Å². The zero-order chi connectivity index (χ0) is 8.60. The summed E-state index contributed by atoms with van der Waals surface area (Å²) in [5.74, 6) is 0. The Kier molecular flexibility index (Phi) is 1.90. The van der Waals surface area contributed by atoms with Crippen LogP contribution < -0.4 is 5.48 Å². The van der Waals surface area contributed by atoms with Crippen LogP contribution in [-0.4, -0.2) is 50.9 Å². The van der Waals surface area contributed by atoms with Gasteiger partial charge in [0.25, 0.3) is 0 Å². The van der Waals surface area contributed by atoms with Gasteiger partial charge in [-0.05, 0) is 7.05 Å². The molecule has 1 fully saturated rings. The predicted octanol–water partition coefficient (Wildman–Crippen LogP) is -0.478. The number of hydrogen-bond donors (Lipinski definition) is 1. The third kappa shape index (κ3) is 1.07. The van der Waals surface area contributed by atoms with Gasteiger partial charge >= 0.3 is 0 Å². The maximum absolute atomic E-state index is 4.93. The molecule has 2 aliphatic heterocycles. The van der Waals surface area contributed by atoms with Gasteiger partial charge in [0.1, 0.15) is 0 Å². The first-order valence-corrected chi connectivity index (χ1v) is 4.24. The number of hydroxylamine groups is 1. The lowest BCUT2D eigenvalue weighted by Gasteiger charge is -2.48. The second kappa shape index (κ2) is 2.80. The summed E-state index contributed by atoms with van der Waals surface area (Å²) in [6.45, 7) is 3.18. The monoisotopic (exact) mass is 169 g/mol. The molecular weight excluding hydrogens is 154 g/mol. The van der Waals surface area contributed by atoms with Gasteiger partial charge in [-0.1, -0.05) is 0 Å². The predicted molar refractivity (Wildman–Crippen MR) is 47.2 cm³/mol. The van der Waals surface area contributed by atoms with Gasteiger partial charge in [-0.25, -0.2) is 0 Å². The van der Waals surface area contributed by atoms with E-state index in [9.17, 15) is 0 Å². The molecule has 0 aromatic heterocycles. The molecule has 0 aromatic carbocycles. The Morgan fingerprint density at radius 2 is 2.42 bits per heavy atom. The molecule has 1 spiro atoms. The number of likely N-dealkylation sites (tertiary alicyclic amines) is 1. The molecule has 0 radical (unpaired) electrons. The van der Waals surface area contributed by atoms with Crippen LogP contribution in [0.4, 0.5) is 0 Å². The molecule has 1 saturated heterocycles. The first-order chi connectivity index (χ1) is 5.77. The number of nitrogens with one attached hydrogen (secondary N) is 1. The summed E-state index contributed by atoms with van der Waals surface area (Å²) in [6.07, 6.45) is 1.97. The zero-order valence-electron chi connectivity index (χ0n) is 7.58. The summed E-state index contributed by atoms with van der Waals surface area (Å²) >= 11 is 0. The van der Waals surface area contributed by atoms with Crippen LogP contribution in [0.15, 0.2) is 4.99 Å². The highest BCUT2D eigenvalue weighted by atomic mass is 16.6. The van der Waals surface area contributed by atoms with Gasteiger partial charge < -0.3 is 9.74 Å². The lowest BCUT2D eigenvalue weighted by atomic mass is 9.76. The Morgan fingerprint density at radius 1 is 1.67 bits per heavy atom. The highest BCUT2D eigenvalue weighted by Gasteiger charge is 2.49. The van der Waals surface area contributed by atoms with Crippen molar-refractivity contribution in [3.8, 4) is 0 Å². The Labute approximate surface area is 72.6 Å². The minimum atomic E-state index is 0.304. The van der Waals surface area contributed by atoms with Gasteiger partial charge in [0.05, 0.1) is 13.2 Å². The van der Waals surface area contributed by atoms with Gasteiger partial charge in [0, 0.05) is 31.3 Å². The molecule has 4 heteroatoms. The first-order valence-electron chi connectivity index (χ1n) is 4.24. The molecule has 0 bridgehead atoms. The van der Waals surface area contributed by atoms with Crippen molar-refractivity contribution < 1.29 is 4.84 Å². The molecule has 1 N–H and O–H groups in total. The summed E-state index contributed by atoms with van der Waals surface area (Å²) in [7, 11) is 3.79. The van der Waals surface area contributed by atoms with Crippen molar-refractivity contribution in [3.63, 3.8) is 0 Å². The van der Waals surface area contributed by atoms with Crippen molar-refractivity contribution in [1.29, 1.82) is 0 Å². The Balaban J connectivity index is 1.98. The molecule has 4 nitrogen and oxygen atoms in total. The third-order valence-corrected chi connectivity index (χ3v) is 2.73. The van der Waals surface area contributed by atoms with Gasteiger partial charge in [-0.2, -0.15) is 5.48 Å². The van der Waals surface area contributed by atoms with Crippen molar-refractivity contribution >= 4 is 6.21 Å². The van der Waals surface area contributed by atoms with E-state index in [0.29, 0.717) is 11.5 Å². The van der Waals surface area contributed by atoms with Crippen molar-refractivity contribution in [2.75, 3.05) is 33.8 Å². The standard InChI is InChI=1S/C8H15N3O/c1-11-5-8(6-11)4-9-3-7(8)10-12-2/h3,7,10H,4-6H2,1-2H3. The minimum Gasteiger partial charge on any atom is -0.305 e. The summed E-state index contributed by atoms with van der Waals surface area (Å²) in [5, 5.41) is 0. The van der Waals surface area contributed by atoms with Crippen LogP contribution in [0.2, 0.25) is 0 Å². The minimum absolute atomic E-state index is 0.304. The number of rotatable bonds is 2. The molecular formula is C8H15N3O. The largest absolute Gasteiger partial charge is 0.305 e. The molecule has 2 aliphatic rings. The molecule has 0 aliphatic carbocycles. The Morgan fingerprint density at radius 3 is 3.00 bits per heavy atom. The number of aliphatic imine (C=N–C) groups is 1. The van der Waals surface area contributed by atoms with Crippen LogP contribution in [0.1, 0.15) is 0 Å². The van der Waals surface area contributed by atoms with Crippen LogP contribution in [-0.2, 0) is 4.84 Å². The molecule has 2 heterocycles. The summed E-state index contributed by atoms with van der Waals surface area (Å²) in [4.78, 5) is 11.5. The molecule has 0 saturated carbocycles. The SMILES string of the molecule is CONC1C=NCC12CN(C)C2. The molecule has 2 rings (SSSR count). The average molecular weight is 169 g/mol. The van der Waals surface area contributed by atoms with Crippen molar-refractivity contribution in [3.05, 3.63) is 0 Å². The lowest BCUT2D eigenvalue weighted by molar-refractivity contribution is -0.0294. The molecule has 0 aromatic rings. The van der Waals surface area contributed by atoms with Crippen LogP contribution >= 0.6 is 0 Å². The average Bonchev–Trinajstić information content (AvgIpc) is 2.34. The molecule has 1 atom stereocenters. The van der Waals surface area contributed by atoms with E-state index >= 15 is 0 Å². The third-order valence-electron chi connectivity index (χ3n) is 2.73. The number of nitrogens with zero attached hydrogens (tertiary/aromatic N) is 2. The molecule has 1 unspecified atom stereocenters. The van der Waals surface area contributed by atoms with Crippen LogP contribution in [0.25, 0.3) is 0 Å². The van der Waals surface area contributed by atoms with Crippen LogP contribution in [0.5, 0.6) is 0 Å². The fraction of sp³-hybridized carbons (Fsp3) is 0.875. The second-order valence-electron chi connectivity index (χ2n) is 3.82. The maximum atomic E-state index is 4.93. The van der Waals surface area contributed by atoms with E-state index in [0.717, 1.165) is 19.6 Å². The van der Waals surface area contributed by atoms with Crippen LogP contribution in [0.3, 0.4) is 0 Å². The normalized spacial score (nSPS) is 32.7. The second-order valence-corrected chi connectivity index (χ2v) is 3.82. The Bertz CT molecular complexity index is 198. The van der Waals surface area contributed by atoms with E-state index < -0.39 is 0 Å². The smallest absolute Gasteiger partial charge is 0.0767 e. The van der Waals surface area contributed by atoms with E-state index in [2.05, 4.69) is 22.4 Å². The maximum Gasteiger partial charge on any atom is 0.0767 e. The molecule has 68 valence electrons. The Hall–Kier alpha value is -0.450. The van der Waals surface area contributed by atoms with Crippen LogP contribution in [0, 0.1) is 5.41 Å².